The Morgan fingerprint density at radius 2 is 1.87 bits per heavy atom. The minimum absolute atomic E-state index is 0.143. The monoisotopic (exact) mass is 435 g/mol. The van der Waals surface area contributed by atoms with Crippen molar-refractivity contribution in [3.05, 3.63) is 77.4 Å². The van der Waals surface area contributed by atoms with Gasteiger partial charge in [0.2, 0.25) is 0 Å². The predicted molar refractivity (Wildman–Crippen MR) is 122 cm³/mol. The van der Waals surface area contributed by atoms with Crippen LogP contribution in [-0.2, 0) is 10.8 Å². The highest BCUT2D eigenvalue weighted by Crippen LogP contribution is 2.34. The van der Waals surface area contributed by atoms with Crippen LogP contribution in [0.1, 0.15) is 35.3 Å². The van der Waals surface area contributed by atoms with Gasteiger partial charge < -0.3 is 5.32 Å². The van der Waals surface area contributed by atoms with Gasteiger partial charge in [0.05, 0.1) is 48.9 Å². The van der Waals surface area contributed by atoms with Crippen molar-refractivity contribution in [3.8, 4) is 10.6 Å². The highest BCUT2D eigenvalue weighted by atomic mass is 32.2. The number of aromatic nitrogens is 2. The fourth-order valence-corrected chi connectivity index (χ4v) is 5.14. The van der Waals surface area contributed by atoms with Crippen molar-refractivity contribution in [2.75, 3.05) is 6.26 Å². The lowest BCUT2D eigenvalue weighted by Gasteiger charge is -2.20. The number of nitrogens with one attached hydrogen (secondary N) is 1. The maximum Gasteiger partial charge on any atom is 0.253 e. The molecule has 0 aliphatic rings. The molecule has 2 aromatic heterocycles. The Morgan fingerprint density at radius 1 is 1.13 bits per heavy atom. The largest absolute Gasteiger partial charge is 0.345 e. The summed E-state index contributed by atoms with van der Waals surface area (Å²) in [4.78, 5) is 23.7. The molecule has 1 unspecified atom stereocenters. The third-order valence-electron chi connectivity index (χ3n) is 4.94. The van der Waals surface area contributed by atoms with E-state index in [1.807, 2.05) is 61.5 Å². The second kappa shape index (κ2) is 8.85. The molecule has 4 rings (SSSR count). The van der Waals surface area contributed by atoms with Gasteiger partial charge in [0.15, 0.2) is 0 Å². The average Bonchev–Trinajstić information content (AvgIpc) is 3.31. The quantitative estimate of drug-likeness (QED) is 0.464. The fraction of sp³-hybridized carbons (Fsp3) is 0.174. The Hall–Kier alpha value is -2.90. The van der Waals surface area contributed by atoms with Crippen LogP contribution < -0.4 is 5.32 Å². The molecule has 7 heteroatoms. The van der Waals surface area contributed by atoms with Crippen molar-refractivity contribution < 1.29 is 9.00 Å². The number of rotatable bonds is 6. The second-order valence-corrected chi connectivity index (χ2v) is 9.05. The Balaban J connectivity index is 1.89. The van der Waals surface area contributed by atoms with Crippen LogP contribution >= 0.6 is 11.3 Å². The van der Waals surface area contributed by atoms with Crippen molar-refractivity contribution in [1.29, 1.82) is 0 Å². The van der Waals surface area contributed by atoms with Crippen molar-refractivity contribution in [1.82, 2.24) is 15.3 Å². The van der Waals surface area contributed by atoms with Gasteiger partial charge in [-0.2, -0.15) is 0 Å². The average molecular weight is 436 g/mol. The van der Waals surface area contributed by atoms with E-state index < -0.39 is 10.8 Å². The molecule has 2 atom stereocenters. The lowest BCUT2D eigenvalue weighted by molar-refractivity contribution is 0.0934. The molecule has 152 valence electrons. The zero-order chi connectivity index (χ0) is 21.1. The molecular formula is C23H21N3O2S2. The SMILES string of the molecule is CC[C@H](NC(=O)c1c(S(C)=O)c(-c2cncs2)nc2ccccc12)c1ccccc1. The van der Waals surface area contributed by atoms with Gasteiger partial charge in [0.1, 0.15) is 0 Å². The standard InChI is InChI=1S/C23H21N3O2S2/c1-3-17(15-9-5-4-6-10-15)26-23(27)20-16-11-7-8-12-18(16)25-21(22(20)30(2)28)19-13-24-14-29-19/h4-14,17H,3H2,1-2H3,(H,26,27)/t17-,30?/m0/s1. The van der Waals surface area contributed by atoms with E-state index >= 15 is 0 Å². The number of pyridine rings is 1. The van der Waals surface area contributed by atoms with Crippen LogP contribution in [-0.4, -0.2) is 26.3 Å². The van der Waals surface area contributed by atoms with E-state index in [-0.39, 0.29) is 11.9 Å². The molecule has 4 aromatic rings. The number of thiazole rings is 1. The van der Waals surface area contributed by atoms with E-state index in [2.05, 4.69) is 10.3 Å². The smallest absolute Gasteiger partial charge is 0.253 e. The van der Waals surface area contributed by atoms with E-state index in [0.717, 1.165) is 16.9 Å². The van der Waals surface area contributed by atoms with Gasteiger partial charge in [-0.25, -0.2) is 4.98 Å². The number of hydrogen-bond donors (Lipinski definition) is 1. The van der Waals surface area contributed by atoms with Crippen LogP contribution in [0.25, 0.3) is 21.5 Å². The Labute approximate surface area is 181 Å². The van der Waals surface area contributed by atoms with Gasteiger partial charge in [-0.3, -0.25) is 14.0 Å². The minimum Gasteiger partial charge on any atom is -0.345 e. The third-order valence-corrected chi connectivity index (χ3v) is 6.70. The second-order valence-electron chi connectivity index (χ2n) is 6.85. The highest BCUT2D eigenvalue weighted by Gasteiger charge is 2.26. The first-order valence-electron chi connectivity index (χ1n) is 9.61. The summed E-state index contributed by atoms with van der Waals surface area (Å²) in [7, 11) is -1.42. The van der Waals surface area contributed by atoms with E-state index in [1.54, 1.807) is 18.0 Å². The molecule has 30 heavy (non-hydrogen) atoms. The van der Waals surface area contributed by atoms with Crippen molar-refractivity contribution in [2.24, 2.45) is 0 Å². The number of fused-ring (bicyclic) bond motifs is 1. The molecule has 0 saturated carbocycles. The molecule has 0 saturated heterocycles. The van der Waals surface area contributed by atoms with Crippen LogP contribution in [0.2, 0.25) is 0 Å². The van der Waals surface area contributed by atoms with Crippen molar-refractivity contribution in [2.45, 2.75) is 24.3 Å². The lowest BCUT2D eigenvalue weighted by Crippen LogP contribution is -2.29. The molecule has 2 heterocycles. The van der Waals surface area contributed by atoms with Gasteiger partial charge in [-0.15, -0.1) is 11.3 Å². The summed E-state index contributed by atoms with van der Waals surface area (Å²) >= 11 is 1.41. The van der Waals surface area contributed by atoms with Crippen molar-refractivity contribution in [3.63, 3.8) is 0 Å². The molecule has 0 spiro atoms. The normalized spacial score (nSPS) is 13.1. The zero-order valence-electron chi connectivity index (χ0n) is 16.7. The Morgan fingerprint density at radius 3 is 2.53 bits per heavy atom. The summed E-state index contributed by atoms with van der Waals surface area (Å²) in [5, 5.41) is 3.84. The van der Waals surface area contributed by atoms with Gasteiger partial charge in [-0.05, 0) is 18.1 Å². The number of para-hydroxylation sites is 1. The van der Waals surface area contributed by atoms with Crippen LogP contribution in [0.5, 0.6) is 0 Å². The maximum atomic E-state index is 13.6. The molecule has 2 aromatic carbocycles. The summed E-state index contributed by atoms with van der Waals surface area (Å²) in [5.74, 6) is -0.250. The first kappa shape index (κ1) is 20.4. The Bertz CT molecular complexity index is 1210. The molecule has 1 amide bonds. The fourth-order valence-electron chi connectivity index (χ4n) is 3.54. The van der Waals surface area contributed by atoms with E-state index in [1.165, 1.54) is 11.3 Å². The number of hydrogen-bond acceptors (Lipinski definition) is 5. The molecular weight excluding hydrogens is 414 g/mol. The number of carbonyl (C=O) groups excluding carboxylic acids is 1. The maximum absolute atomic E-state index is 13.6. The van der Waals surface area contributed by atoms with Crippen molar-refractivity contribution >= 4 is 38.9 Å². The summed E-state index contributed by atoms with van der Waals surface area (Å²) < 4.78 is 12.8. The van der Waals surface area contributed by atoms with Crippen LogP contribution in [0.3, 0.4) is 0 Å². The van der Waals surface area contributed by atoms with E-state index in [9.17, 15) is 9.00 Å². The first-order chi connectivity index (χ1) is 14.6. The zero-order valence-corrected chi connectivity index (χ0v) is 18.3. The summed E-state index contributed by atoms with van der Waals surface area (Å²) in [6, 6.07) is 17.2. The summed E-state index contributed by atoms with van der Waals surface area (Å²) in [5.41, 5.74) is 4.40. The Kier molecular flexibility index (Phi) is 6.01. The highest BCUT2D eigenvalue weighted by molar-refractivity contribution is 7.84. The number of amides is 1. The number of nitrogens with zero attached hydrogens (tertiary/aromatic N) is 2. The molecule has 0 aliphatic heterocycles. The summed E-state index contributed by atoms with van der Waals surface area (Å²) in [6.07, 6.45) is 4.02. The van der Waals surface area contributed by atoms with Gasteiger partial charge in [0.25, 0.3) is 5.91 Å². The molecule has 0 bridgehead atoms. The number of benzene rings is 2. The third kappa shape index (κ3) is 3.91. The van der Waals surface area contributed by atoms with Crippen LogP contribution in [0.4, 0.5) is 0 Å². The predicted octanol–water partition coefficient (Wildman–Crippen LogP) is 4.98. The summed E-state index contributed by atoms with van der Waals surface area (Å²) in [6.45, 7) is 2.03. The number of carbonyl (C=O) groups is 1. The topological polar surface area (TPSA) is 72.0 Å². The van der Waals surface area contributed by atoms with Crippen LogP contribution in [0.15, 0.2) is 71.2 Å². The molecule has 5 nitrogen and oxygen atoms in total. The van der Waals surface area contributed by atoms with Gasteiger partial charge in [-0.1, -0.05) is 55.5 Å². The van der Waals surface area contributed by atoms with Gasteiger partial charge in [0, 0.05) is 17.8 Å². The first-order valence-corrected chi connectivity index (χ1v) is 12.0. The molecule has 0 fully saturated rings. The molecule has 0 aliphatic carbocycles. The molecule has 0 radical (unpaired) electrons. The molecule has 1 N–H and O–H groups in total. The lowest BCUT2D eigenvalue weighted by atomic mass is 10.0. The van der Waals surface area contributed by atoms with Gasteiger partial charge >= 0.3 is 0 Å². The van der Waals surface area contributed by atoms with E-state index in [4.69, 9.17) is 4.98 Å². The van der Waals surface area contributed by atoms with E-state index in [0.29, 0.717) is 27.1 Å². The minimum atomic E-state index is -1.42. The van der Waals surface area contributed by atoms with Crippen LogP contribution in [0, 0.1) is 0 Å².